The second kappa shape index (κ2) is 10.5. The Hall–Kier alpha value is -4.84. The minimum Gasteiger partial charge on any atom is -0.481 e. The summed E-state index contributed by atoms with van der Waals surface area (Å²) in [6, 6.07) is 20.2. The number of aliphatic carboxylic acids is 1. The molecule has 0 radical (unpaired) electrons. The second-order valence-electron chi connectivity index (χ2n) is 9.70. The molecular weight excluding hydrogens is 499 g/mol. The lowest BCUT2D eigenvalue weighted by Gasteiger charge is -2.21. The van der Waals surface area contributed by atoms with Gasteiger partial charge in [-0.15, -0.1) is 0 Å². The van der Waals surface area contributed by atoms with Crippen molar-refractivity contribution in [2.24, 2.45) is 5.16 Å². The smallest absolute Gasteiger partial charge is 0.303 e. The zero-order chi connectivity index (χ0) is 27.6. The molecule has 1 aliphatic heterocycles. The van der Waals surface area contributed by atoms with Gasteiger partial charge in [-0.3, -0.25) is 14.2 Å². The number of halogens is 1. The van der Waals surface area contributed by atoms with E-state index in [9.17, 15) is 14.0 Å². The van der Waals surface area contributed by atoms with Gasteiger partial charge < -0.3 is 9.94 Å². The number of rotatable bonds is 8. The molecule has 1 aliphatic rings. The predicted molar refractivity (Wildman–Crippen MR) is 143 cm³/mol. The van der Waals surface area contributed by atoms with Crippen LogP contribution in [-0.4, -0.2) is 26.3 Å². The van der Waals surface area contributed by atoms with Gasteiger partial charge in [-0.05, 0) is 73.9 Å². The number of aryl methyl sites for hydroxylation is 1. The highest BCUT2D eigenvalue weighted by Crippen LogP contribution is 2.36. The van der Waals surface area contributed by atoms with Gasteiger partial charge >= 0.3 is 5.97 Å². The summed E-state index contributed by atoms with van der Waals surface area (Å²) in [5.74, 6) is -0.830. The molecule has 0 saturated heterocycles. The minimum absolute atomic E-state index is 0.0241. The van der Waals surface area contributed by atoms with Crippen molar-refractivity contribution in [1.29, 1.82) is 5.26 Å². The highest BCUT2D eigenvalue weighted by Gasteiger charge is 2.36. The Labute approximate surface area is 223 Å². The minimum atomic E-state index is -0.880. The average Bonchev–Trinajstić information content (AvgIpc) is 3.35. The summed E-state index contributed by atoms with van der Waals surface area (Å²) in [6.07, 6.45) is 1.85. The van der Waals surface area contributed by atoms with E-state index in [1.807, 2.05) is 19.1 Å². The number of nitriles is 1. The largest absolute Gasteiger partial charge is 0.481 e. The molecule has 8 nitrogen and oxygen atoms in total. The van der Waals surface area contributed by atoms with Gasteiger partial charge in [0, 0.05) is 24.8 Å². The number of oxime groups is 1. The van der Waals surface area contributed by atoms with Crippen LogP contribution in [0, 0.1) is 17.1 Å². The second-order valence-corrected chi connectivity index (χ2v) is 9.70. The van der Waals surface area contributed by atoms with Crippen molar-refractivity contribution in [2.75, 3.05) is 0 Å². The Morgan fingerprint density at radius 3 is 2.56 bits per heavy atom. The molecule has 0 fully saturated rings. The molecule has 0 saturated carbocycles. The first kappa shape index (κ1) is 25.8. The van der Waals surface area contributed by atoms with E-state index in [0.717, 1.165) is 11.1 Å². The van der Waals surface area contributed by atoms with Crippen LogP contribution in [0.1, 0.15) is 55.1 Å². The maximum atomic E-state index is 13.6. The van der Waals surface area contributed by atoms with Gasteiger partial charge in [0.15, 0.2) is 5.60 Å². The molecule has 0 aliphatic carbocycles. The van der Waals surface area contributed by atoms with Crippen LogP contribution in [0.2, 0.25) is 0 Å². The number of carbonyl (C=O) groups is 1. The molecule has 0 spiro atoms. The Balaban J connectivity index is 1.49. The maximum absolute atomic E-state index is 13.6. The number of hydrogen-bond donors (Lipinski definition) is 1. The first-order valence-corrected chi connectivity index (χ1v) is 12.6. The summed E-state index contributed by atoms with van der Waals surface area (Å²) in [5, 5.41) is 22.8. The summed E-state index contributed by atoms with van der Waals surface area (Å²) in [6.45, 7) is 1.93. The Kier molecular flexibility index (Phi) is 6.94. The van der Waals surface area contributed by atoms with E-state index < -0.39 is 17.4 Å². The lowest BCUT2D eigenvalue weighted by Crippen LogP contribution is -2.24. The molecule has 4 aromatic rings. The van der Waals surface area contributed by atoms with Gasteiger partial charge in [-0.25, -0.2) is 9.37 Å². The number of hydrogen-bond acceptors (Lipinski definition) is 6. The van der Waals surface area contributed by atoms with E-state index in [2.05, 4.69) is 11.2 Å². The zero-order valence-corrected chi connectivity index (χ0v) is 21.2. The summed E-state index contributed by atoms with van der Waals surface area (Å²) < 4.78 is 15.0. The molecule has 2 heterocycles. The SMILES string of the molecule is CC1(c2ccc(C#N)cc2)CC(c2ccc3c(=O)n(-c4ccc(F)cc4)c(CCCCC(=O)O)nc3c2)=NO1. The topological polar surface area (TPSA) is 118 Å². The molecule has 0 bridgehead atoms. The van der Waals surface area contributed by atoms with Crippen molar-refractivity contribution < 1.29 is 19.1 Å². The fraction of sp³-hybridized carbons (Fsp3) is 0.233. The van der Waals surface area contributed by atoms with Gasteiger partial charge in [-0.2, -0.15) is 5.26 Å². The maximum Gasteiger partial charge on any atom is 0.303 e. The van der Waals surface area contributed by atoms with Crippen molar-refractivity contribution in [3.8, 4) is 11.8 Å². The lowest BCUT2D eigenvalue weighted by molar-refractivity contribution is -0.137. The molecule has 39 heavy (non-hydrogen) atoms. The van der Waals surface area contributed by atoms with Crippen LogP contribution in [0.15, 0.2) is 76.7 Å². The zero-order valence-electron chi connectivity index (χ0n) is 21.2. The molecule has 196 valence electrons. The third-order valence-electron chi connectivity index (χ3n) is 6.88. The quantitative estimate of drug-likeness (QED) is 0.315. The van der Waals surface area contributed by atoms with Crippen molar-refractivity contribution in [2.45, 2.75) is 44.6 Å². The van der Waals surface area contributed by atoms with Crippen LogP contribution in [0.4, 0.5) is 4.39 Å². The van der Waals surface area contributed by atoms with Crippen LogP contribution >= 0.6 is 0 Å². The monoisotopic (exact) mass is 524 g/mol. The number of fused-ring (bicyclic) bond motifs is 1. The molecule has 5 rings (SSSR count). The molecular formula is C30H25FN4O4. The van der Waals surface area contributed by atoms with Crippen LogP contribution in [0.5, 0.6) is 0 Å². The molecule has 1 aromatic heterocycles. The van der Waals surface area contributed by atoms with Crippen LogP contribution in [0.25, 0.3) is 16.6 Å². The standard InChI is InChI=1S/C30H25FN4O4/c1-30(21-9-6-19(18-32)7-10-21)17-26(34-39-30)20-8-15-24-25(16-20)33-27(4-2-3-5-28(36)37)35(29(24)38)23-13-11-22(31)12-14-23/h6-16H,2-5,17H2,1H3,(H,36,37). The number of nitrogens with zero attached hydrogens (tertiary/aromatic N) is 4. The summed E-state index contributed by atoms with van der Waals surface area (Å²) in [5.41, 5.74) is 2.90. The summed E-state index contributed by atoms with van der Waals surface area (Å²) in [7, 11) is 0. The first-order valence-electron chi connectivity index (χ1n) is 12.6. The van der Waals surface area contributed by atoms with Crippen LogP contribution < -0.4 is 5.56 Å². The van der Waals surface area contributed by atoms with Gasteiger partial charge in [0.1, 0.15) is 11.6 Å². The number of benzene rings is 3. The van der Waals surface area contributed by atoms with Crippen molar-refractivity contribution in [1.82, 2.24) is 9.55 Å². The van der Waals surface area contributed by atoms with Crippen molar-refractivity contribution >= 4 is 22.6 Å². The highest BCUT2D eigenvalue weighted by molar-refractivity contribution is 6.04. The van der Waals surface area contributed by atoms with Gasteiger partial charge in [0.05, 0.1) is 33.9 Å². The van der Waals surface area contributed by atoms with Crippen LogP contribution in [-0.2, 0) is 21.7 Å². The van der Waals surface area contributed by atoms with E-state index in [0.29, 0.717) is 59.4 Å². The fourth-order valence-electron chi connectivity index (χ4n) is 4.74. The van der Waals surface area contributed by atoms with Crippen molar-refractivity contribution in [3.63, 3.8) is 0 Å². The van der Waals surface area contributed by atoms with Crippen LogP contribution in [0.3, 0.4) is 0 Å². The molecule has 9 heteroatoms. The third-order valence-corrected chi connectivity index (χ3v) is 6.88. The Morgan fingerprint density at radius 2 is 1.87 bits per heavy atom. The molecule has 1 N–H and O–H groups in total. The summed E-state index contributed by atoms with van der Waals surface area (Å²) in [4.78, 5) is 35.2. The first-order chi connectivity index (χ1) is 18.8. The average molecular weight is 525 g/mol. The van der Waals surface area contributed by atoms with E-state index in [4.69, 9.17) is 20.2 Å². The van der Waals surface area contributed by atoms with Gasteiger partial charge in [0.2, 0.25) is 0 Å². The normalized spacial score (nSPS) is 16.5. The molecule has 1 unspecified atom stereocenters. The lowest BCUT2D eigenvalue weighted by atomic mass is 9.88. The van der Waals surface area contributed by atoms with Gasteiger partial charge in [0.25, 0.3) is 5.56 Å². The number of aromatic nitrogens is 2. The Bertz CT molecular complexity index is 1690. The van der Waals surface area contributed by atoms with Crippen molar-refractivity contribution in [3.05, 3.63) is 105 Å². The number of unbranched alkanes of at least 4 members (excludes halogenated alkanes) is 1. The highest BCUT2D eigenvalue weighted by atomic mass is 19.1. The Morgan fingerprint density at radius 1 is 1.13 bits per heavy atom. The predicted octanol–water partition coefficient (Wildman–Crippen LogP) is 5.23. The van der Waals surface area contributed by atoms with E-state index in [-0.39, 0.29) is 12.0 Å². The fourth-order valence-corrected chi connectivity index (χ4v) is 4.74. The summed E-state index contributed by atoms with van der Waals surface area (Å²) >= 11 is 0. The van der Waals surface area contributed by atoms with Gasteiger partial charge in [-0.1, -0.05) is 23.4 Å². The van der Waals surface area contributed by atoms with E-state index in [1.54, 1.807) is 30.3 Å². The molecule has 1 atom stereocenters. The third kappa shape index (κ3) is 5.27. The number of carboxylic acid groups (broad SMARTS) is 1. The molecule has 3 aromatic carbocycles. The van der Waals surface area contributed by atoms with E-state index >= 15 is 0 Å². The number of carboxylic acids is 1. The molecule has 0 amide bonds. The van der Waals surface area contributed by atoms with E-state index in [1.165, 1.54) is 28.8 Å².